The van der Waals surface area contributed by atoms with E-state index in [0.717, 1.165) is 22.9 Å². The highest BCUT2D eigenvalue weighted by Crippen LogP contribution is 2.26. The Bertz CT molecular complexity index is 427. The minimum Gasteiger partial charge on any atom is -0.393 e. The largest absolute Gasteiger partial charge is 0.393 e. The molecule has 1 fully saturated rings. The summed E-state index contributed by atoms with van der Waals surface area (Å²) in [6.07, 6.45) is 1.44. The van der Waals surface area contributed by atoms with Gasteiger partial charge in [-0.25, -0.2) is 0 Å². The zero-order chi connectivity index (χ0) is 12.4. The molecule has 0 atom stereocenters. The van der Waals surface area contributed by atoms with Gasteiger partial charge >= 0.3 is 0 Å². The summed E-state index contributed by atoms with van der Waals surface area (Å²) in [6.45, 7) is 2.61. The highest BCUT2D eigenvalue weighted by Gasteiger charge is 2.27. The number of benzene rings is 1. The standard InChI is InChI=1S/C13H16BrNO2/c1-8-2-3-12(14)11(4-8)13(17)15-7-9-5-10(16)6-9/h2-4,9-10,16H,5-7H2,1H3,(H,15,17). The van der Waals surface area contributed by atoms with Crippen molar-refractivity contribution in [1.29, 1.82) is 0 Å². The molecule has 1 aromatic carbocycles. The summed E-state index contributed by atoms with van der Waals surface area (Å²) in [5, 5.41) is 12.1. The average Bonchev–Trinajstić information content (AvgIpc) is 2.26. The molecule has 0 saturated heterocycles. The number of carbonyl (C=O) groups is 1. The third kappa shape index (κ3) is 3.07. The molecule has 0 unspecified atom stereocenters. The van der Waals surface area contributed by atoms with Gasteiger partial charge in [-0.1, -0.05) is 11.6 Å². The molecule has 0 radical (unpaired) electrons. The summed E-state index contributed by atoms with van der Waals surface area (Å²) in [7, 11) is 0. The number of nitrogens with one attached hydrogen (secondary N) is 1. The van der Waals surface area contributed by atoms with E-state index in [1.165, 1.54) is 0 Å². The van der Waals surface area contributed by atoms with E-state index in [4.69, 9.17) is 5.11 Å². The van der Waals surface area contributed by atoms with Crippen molar-refractivity contribution in [1.82, 2.24) is 5.32 Å². The fourth-order valence-electron chi connectivity index (χ4n) is 2.01. The van der Waals surface area contributed by atoms with Crippen molar-refractivity contribution in [3.63, 3.8) is 0 Å². The summed E-state index contributed by atoms with van der Waals surface area (Å²) < 4.78 is 0.814. The first kappa shape index (κ1) is 12.6. The van der Waals surface area contributed by atoms with Gasteiger partial charge in [-0.05, 0) is 53.7 Å². The van der Waals surface area contributed by atoms with Crippen LogP contribution in [0, 0.1) is 12.8 Å². The lowest BCUT2D eigenvalue weighted by Crippen LogP contribution is -2.38. The van der Waals surface area contributed by atoms with Crippen LogP contribution in [0.2, 0.25) is 0 Å². The van der Waals surface area contributed by atoms with Crippen LogP contribution in [-0.4, -0.2) is 23.7 Å². The highest BCUT2D eigenvalue weighted by atomic mass is 79.9. The van der Waals surface area contributed by atoms with Crippen LogP contribution in [0.25, 0.3) is 0 Å². The molecule has 2 N–H and O–H groups in total. The molecule has 0 heterocycles. The summed E-state index contributed by atoms with van der Waals surface area (Å²) in [4.78, 5) is 11.9. The molecule has 1 amide bonds. The van der Waals surface area contributed by atoms with Gasteiger partial charge in [-0.2, -0.15) is 0 Å². The fourth-order valence-corrected chi connectivity index (χ4v) is 2.44. The van der Waals surface area contributed by atoms with Gasteiger partial charge in [0.15, 0.2) is 0 Å². The summed E-state index contributed by atoms with van der Waals surface area (Å²) in [6, 6.07) is 5.72. The molecule has 92 valence electrons. The van der Waals surface area contributed by atoms with Crippen LogP contribution in [0.3, 0.4) is 0 Å². The SMILES string of the molecule is Cc1ccc(Br)c(C(=O)NCC2CC(O)C2)c1. The fraction of sp³-hybridized carbons (Fsp3) is 0.462. The molecule has 1 saturated carbocycles. The predicted octanol–water partition coefficient (Wildman–Crippen LogP) is 2.26. The number of aliphatic hydroxyl groups is 1. The summed E-state index contributed by atoms with van der Waals surface area (Å²) in [5.41, 5.74) is 1.74. The quantitative estimate of drug-likeness (QED) is 0.899. The number of amides is 1. The lowest BCUT2D eigenvalue weighted by molar-refractivity contribution is 0.0420. The van der Waals surface area contributed by atoms with Gasteiger partial charge in [0, 0.05) is 11.0 Å². The Labute approximate surface area is 109 Å². The molecule has 1 aliphatic rings. The van der Waals surface area contributed by atoms with E-state index in [2.05, 4.69) is 21.2 Å². The van der Waals surface area contributed by atoms with Gasteiger partial charge in [0.05, 0.1) is 11.7 Å². The van der Waals surface area contributed by atoms with Gasteiger partial charge < -0.3 is 10.4 Å². The number of hydrogen-bond donors (Lipinski definition) is 2. The summed E-state index contributed by atoms with van der Waals surface area (Å²) in [5.74, 6) is 0.375. The van der Waals surface area contributed by atoms with Crippen LogP contribution >= 0.6 is 15.9 Å². The zero-order valence-corrected chi connectivity index (χ0v) is 11.3. The first-order chi connectivity index (χ1) is 8.06. The van der Waals surface area contributed by atoms with Crippen molar-refractivity contribution in [2.24, 2.45) is 5.92 Å². The Hall–Kier alpha value is -0.870. The topological polar surface area (TPSA) is 49.3 Å². The highest BCUT2D eigenvalue weighted by molar-refractivity contribution is 9.10. The smallest absolute Gasteiger partial charge is 0.252 e. The van der Waals surface area contributed by atoms with E-state index in [1.54, 1.807) is 0 Å². The van der Waals surface area contributed by atoms with Crippen LogP contribution in [0.1, 0.15) is 28.8 Å². The monoisotopic (exact) mass is 297 g/mol. The van der Waals surface area contributed by atoms with Crippen molar-refractivity contribution in [2.45, 2.75) is 25.9 Å². The average molecular weight is 298 g/mol. The summed E-state index contributed by atoms with van der Waals surface area (Å²) >= 11 is 3.38. The third-order valence-corrected chi connectivity index (χ3v) is 3.82. The number of hydrogen-bond acceptors (Lipinski definition) is 2. The number of aliphatic hydroxyl groups excluding tert-OH is 1. The van der Waals surface area contributed by atoms with Crippen molar-refractivity contribution >= 4 is 21.8 Å². The number of carbonyl (C=O) groups excluding carboxylic acids is 1. The van der Waals surface area contributed by atoms with Crippen LogP contribution in [0.15, 0.2) is 22.7 Å². The molecule has 4 heteroatoms. The molecule has 1 aromatic rings. The Kier molecular flexibility index (Phi) is 3.84. The molecule has 3 nitrogen and oxygen atoms in total. The molecular formula is C13H16BrNO2. The molecule has 2 rings (SSSR count). The van der Waals surface area contributed by atoms with Gasteiger partial charge in [0.2, 0.25) is 0 Å². The van der Waals surface area contributed by atoms with Crippen LogP contribution in [0.5, 0.6) is 0 Å². The Morgan fingerprint density at radius 3 is 2.88 bits per heavy atom. The molecule has 17 heavy (non-hydrogen) atoms. The van der Waals surface area contributed by atoms with Crippen molar-refractivity contribution in [3.8, 4) is 0 Å². The van der Waals surface area contributed by atoms with E-state index in [0.29, 0.717) is 18.0 Å². The lowest BCUT2D eigenvalue weighted by atomic mass is 9.82. The Morgan fingerprint density at radius 1 is 1.53 bits per heavy atom. The number of rotatable bonds is 3. The van der Waals surface area contributed by atoms with E-state index in [-0.39, 0.29) is 12.0 Å². The normalized spacial score (nSPS) is 23.0. The van der Waals surface area contributed by atoms with Gasteiger partial charge in [0.25, 0.3) is 5.91 Å². The lowest BCUT2D eigenvalue weighted by Gasteiger charge is -2.31. The zero-order valence-electron chi connectivity index (χ0n) is 9.74. The second-order valence-electron chi connectivity index (χ2n) is 4.68. The van der Waals surface area contributed by atoms with Crippen LogP contribution in [-0.2, 0) is 0 Å². The minimum absolute atomic E-state index is 0.0537. The van der Waals surface area contributed by atoms with Crippen molar-refractivity contribution in [3.05, 3.63) is 33.8 Å². The van der Waals surface area contributed by atoms with Crippen molar-refractivity contribution in [2.75, 3.05) is 6.54 Å². The molecule has 0 bridgehead atoms. The predicted molar refractivity (Wildman–Crippen MR) is 69.9 cm³/mol. The second kappa shape index (κ2) is 5.19. The molecule has 0 aliphatic heterocycles. The van der Waals surface area contributed by atoms with Crippen molar-refractivity contribution < 1.29 is 9.90 Å². The number of halogens is 1. The molecular weight excluding hydrogens is 282 g/mol. The van der Waals surface area contributed by atoms with E-state index >= 15 is 0 Å². The van der Waals surface area contributed by atoms with Crippen LogP contribution < -0.4 is 5.32 Å². The maximum atomic E-state index is 11.9. The first-order valence-electron chi connectivity index (χ1n) is 5.78. The second-order valence-corrected chi connectivity index (χ2v) is 5.54. The third-order valence-electron chi connectivity index (χ3n) is 3.13. The van der Waals surface area contributed by atoms with E-state index in [1.807, 2.05) is 25.1 Å². The number of aryl methyl sites for hydroxylation is 1. The molecule has 0 spiro atoms. The Balaban J connectivity index is 1.92. The van der Waals surface area contributed by atoms with Gasteiger partial charge in [-0.3, -0.25) is 4.79 Å². The maximum Gasteiger partial charge on any atom is 0.252 e. The first-order valence-corrected chi connectivity index (χ1v) is 6.58. The van der Waals surface area contributed by atoms with Gasteiger partial charge in [-0.15, -0.1) is 0 Å². The Morgan fingerprint density at radius 2 is 2.24 bits per heavy atom. The molecule has 1 aliphatic carbocycles. The van der Waals surface area contributed by atoms with Gasteiger partial charge in [0.1, 0.15) is 0 Å². The minimum atomic E-state index is -0.164. The molecule has 0 aromatic heterocycles. The van der Waals surface area contributed by atoms with Crippen LogP contribution in [0.4, 0.5) is 0 Å². The van der Waals surface area contributed by atoms with E-state index in [9.17, 15) is 4.79 Å². The van der Waals surface area contributed by atoms with E-state index < -0.39 is 0 Å². The maximum absolute atomic E-state index is 11.9.